The van der Waals surface area contributed by atoms with Crippen LogP contribution in [0.3, 0.4) is 0 Å². The molecule has 1 fully saturated rings. The molecule has 5 aromatic rings. The lowest BCUT2D eigenvalue weighted by Crippen LogP contribution is -2.30. The number of imidazole rings is 1. The fourth-order valence-corrected chi connectivity index (χ4v) is 4.99. The number of pyridine rings is 1. The first-order valence-electron chi connectivity index (χ1n) is 12.4. The zero-order valence-electron chi connectivity index (χ0n) is 20.6. The number of alkyl halides is 1. The molecule has 6 rings (SSSR count). The maximum atomic E-state index is 15.2. The van der Waals surface area contributed by atoms with Crippen molar-refractivity contribution in [2.24, 2.45) is 0 Å². The van der Waals surface area contributed by atoms with Gasteiger partial charge >= 0.3 is 0 Å². The lowest BCUT2D eigenvalue weighted by Gasteiger charge is -2.26. The molecule has 38 heavy (non-hydrogen) atoms. The molecule has 0 radical (unpaired) electrons. The van der Waals surface area contributed by atoms with Gasteiger partial charge in [-0.2, -0.15) is 0 Å². The molecular weight excluding hydrogens is 486 g/mol. The van der Waals surface area contributed by atoms with Gasteiger partial charge in [0.05, 0.1) is 17.1 Å². The number of aromatic amines is 1. The number of hydrogen-bond acceptors (Lipinski definition) is 4. The Morgan fingerprint density at radius 3 is 2.58 bits per heavy atom. The number of H-pyrrole nitrogens is 1. The number of halogens is 2. The quantitative estimate of drug-likeness (QED) is 0.281. The zero-order chi connectivity index (χ0) is 26.2. The van der Waals surface area contributed by atoms with Gasteiger partial charge in [0, 0.05) is 36.9 Å². The van der Waals surface area contributed by atoms with E-state index in [1.54, 1.807) is 60.8 Å². The van der Waals surface area contributed by atoms with E-state index in [4.69, 9.17) is 4.74 Å². The number of benzene rings is 3. The highest BCUT2D eigenvalue weighted by molar-refractivity contribution is 5.82. The molecule has 2 atom stereocenters. The molecule has 0 aliphatic carbocycles. The van der Waals surface area contributed by atoms with E-state index in [1.165, 1.54) is 17.9 Å². The third-order valence-electron chi connectivity index (χ3n) is 6.84. The molecule has 3 heterocycles. The van der Waals surface area contributed by atoms with E-state index in [0.29, 0.717) is 57.3 Å². The van der Waals surface area contributed by atoms with E-state index >= 15 is 4.39 Å². The van der Waals surface area contributed by atoms with Crippen LogP contribution in [0.4, 0.5) is 8.78 Å². The van der Waals surface area contributed by atoms with Gasteiger partial charge in [0.2, 0.25) is 5.91 Å². The first kappa shape index (κ1) is 23.8. The van der Waals surface area contributed by atoms with Crippen LogP contribution in [0.5, 0.6) is 11.5 Å². The molecule has 0 bridgehead atoms. The molecule has 6 nitrogen and oxygen atoms in total. The number of amides is 1. The minimum atomic E-state index is -1.24. The van der Waals surface area contributed by atoms with Crippen molar-refractivity contribution in [3.63, 3.8) is 0 Å². The highest BCUT2D eigenvalue weighted by atomic mass is 19.1. The molecule has 0 saturated carbocycles. The number of fused-ring (bicyclic) bond motifs is 1. The minimum absolute atomic E-state index is 0.200. The van der Waals surface area contributed by atoms with Crippen molar-refractivity contribution in [1.82, 2.24) is 19.9 Å². The Balaban J connectivity index is 1.42. The average molecular weight is 511 g/mol. The Kier molecular flexibility index (Phi) is 6.07. The molecule has 1 amide bonds. The zero-order valence-corrected chi connectivity index (χ0v) is 20.6. The number of nitrogens with one attached hydrogen (secondary N) is 1. The number of carbonyl (C=O) groups is 1. The molecule has 1 saturated heterocycles. The second-order valence-electron chi connectivity index (χ2n) is 9.28. The summed E-state index contributed by atoms with van der Waals surface area (Å²) in [7, 11) is 0. The van der Waals surface area contributed by atoms with E-state index in [0.717, 1.165) is 0 Å². The number of ether oxygens (including phenoxy) is 1. The van der Waals surface area contributed by atoms with Gasteiger partial charge in [0.25, 0.3) is 0 Å². The van der Waals surface area contributed by atoms with Crippen molar-refractivity contribution in [2.45, 2.75) is 25.6 Å². The number of rotatable bonds is 5. The minimum Gasteiger partial charge on any atom is -0.457 e. The maximum absolute atomic E-state index is 15.2. The lowest BCUT2D eigenvalue weighted by molar-refractivity contribution is -0.130. The Labute approximate surface area is 217 Å². The predicted octanol–water partition coefficient (Wildman–Crippen LogP) is 6.85. The molecule has 8 heteroatoms. The van der Waals surface area contributed by atoms with Crippen LogP contribution in [0, 0.1) is 5.82 Å². The molecule has 1 N–H and O–H groups in total. The molecule has 3 aromatic carbocycles. The molecular formula is C30H24F2N4O2. The smallest absolute Gasteiger partial charge is 0.220 e. The molecule has 1 aliphatic heterocycles. The summed E-state index contributed by atoms with van der Waals surface area (Å²) in [4.78, 5) is 26.2. The van der Waals surface area contributed by atoms with Crippen LogP contribution in [-0.4, -0.2) is 38.5 Å². The van der Waals surface area contributed by atoms with Crippen LogP contribution in [0.25, 0.3) is 33.7 Å². The summed E-state index contributed by atoms with van der Waals surface area (Å²) in [6.07, 6.45) is 0.700. The van der Waals surface area contributed by atoms with Crippen LogP contribution >= 0.6 is 0 Å². The van der Waals surface area contributed by atoms with Gasteiger partial charge in [-0.15, -0.1) is 0 Å². The number of nitrogens with zero attached hydrogens (tertiary/aromatic N) is 3. The standard InChI is InChI=1S/C30H24F2N4O2/c1-18(37)36-15-13-24(32)29(36)22-16-26-27(35-30(34-26)25-8-4-5-14-33-25)17-28(22)38-20-11-9-19(10-12-20)21-6-2-3-7-23(21)31/h2-12,14,16-17,24,29H,13,15H2,1H3,(H,34,35). The molecule has 0 spiro atoms. The van der Waals surface area contributed by atoms with Crippen molar-refractivity contribution >= 4 is 16.9 Å². The Bertz CT molecular complexity index is 1620. The first-order valence-corrected chi connectivity index (χ1v) is 12.4. The summed E-state index contributed by atoms with van der Waals surface area (Å²) >= 11 is 0. The summed E-state index contributed by atoms with van der Waals surface area (Å²) in [6.45, 7) is 1.78. The van der Waals surface area contributed by atoms with Gasteiger partial charge in [-0.3, -0.25) is 9.78 Å². The maximum Gasteiger partial charge on any atom is 0.220 e. The second-order valence-corrected chi connectivity index (χ2v) is 9.28. The predicted molar refractivity (Wildman–Crippen MR) is 141 cm³/mol. The van der Waals surface area contributed by atoms with Gasteiger partial charge in [0.1, 0.15) is 29.2 Å². The van der Waals surface area contributed by atoms with Crippen LogP contribution < -0.4 is 4.74 Å². The molecule has 190 valence electrons. The van der Waals surface area contributed by atoms with E-state index in [2.05, 4.69) is 15.0 Å². The van der Waals surface area contributed by atoms with Gasteiger partial charge in [0.15, 0.2) is 5.82 Å². The van der Waals surface area contributed by atoms with Gasteiger partial charge in [-0.1, -0.05) is 36.4 Å². The van der Waals surface area contributed by atoms with Gasteiger partial charge in [-0.25, -0.2) is 13.8 Å². The van der Waals surface area contributed by atoms with Crippen molar-refractivity contribution in [3.8, 4) is 34.1 Å². The van der Waals surface area contributed by atoms with E-state index in [1.807, 2.05) is 18.2 Å². The van der Waals surface area contributed by atoms with Gasteiger partial charge < -0.3 is 14.6 Å². The number of carbonyl (C=O) groups excluding carboxylic acids is 1. The molecule has 2 unspecified atom stereocenters. The highest BCUT2D eigenvalue weighted by Crippen LogP contribution is 2.42. The normalized spacial score (nSPS) is 17.2. The topological polar surface area (TPSA) is 71.1 Å². The van der Waals surface area contributed by atoms with Crippen molar-refractivity contribution in [2.75, 3.05) is 6.54 Å². The summed E-state index contributed by atoms with van der Waals surface area (Å²) in [5, 5.41) is 0. The largest absolute Gasteiger partial charge is 0.457 e. The lowest BCUT2D eigenvalue weighted by atomic mass is 10.0. The van der Waals surface area contributed by atoms with Crippen LogP contribution in [0.1, 0.15) is 24.9 Å². The number of likely N-dealkylation sites (tertiary alicyclic amines) is 1. The first-order chi connectivity index (χ1) is 18.5. The van der Waals surface area contributed by atoms with Crippen LogP contribution in [-0.2, 0) is 4.79 Å². The van der Waals surface area contributed by atoms with Crippen LogP contribution in [0.2, 0.25) is 0 Å². The molecule has 1 aliphatic rings. The van der Waals surface area contributed by atoms with Crippen molar-refractivity contribution in [1.29, 1.82) is 0 Å². The Hall–Kier alpha value is -4.59. The van der Waals surface area contributed by atoms with E-state index in [9.17, 15) is 9.18 Å². The summed E-state index contributed by atoms with van der Waals surface area (Å²) in [5.74, 6) is 0.958. The summed E-state index contributed by atoms with van der Waals surface area (Å²) in [6, 6.07) is 21.9. The van der Waals surface area contributed by atoms with E-state index in [-0.39, 0.29) is 18.1 Å². The average Bonchev–Trinajstić information content (AvgIpc) is 3.52. The Morgan fingerprint density at radius 1 is 1.05 bits per heavy atom. The van der Waals surface area contributed by atoms with Crippen molar-refractivity contribution < 1.29 is 18.3 Å². The summed E-state index contributed by atoms with van der Waals surface area (Å²) < 4.78 is 35.8. The highest BCUT2D eigenvalue weighted by Gasteiger charge is 2.39. The third-order valence-corrected chi connectivity index (χ3v) is 6.84. The van der Waals surface area contributed by atoms with Gasteiger partial charge in [-0.05, 0) is 48.4 Å². The SMILES string of the molecule is CC(=O)N1CCC(F)C1c1cc2[nH]c(-c3ccccn3)nc2cc1Oc1ccc(-c2ccccc2F)cc1. The number of aromatic nitrogens is 3. The second kappa shape index (κ2) is 9.70. The van der Waals surface area contributed by atoms with Crippen molar-refractivity contribution in [3.05, 3.63) is 96.4 Å². The third kappa shape index (κ3) is 4.38. The fraction of sp³-hybridized carbons (Fsp3) is 0.167. The molecule has 2 aromatic heterocycles. The number of hydrogen-bond donors (Lipinski definition) is 1. The fourth-order valence-electron chi connectivity index (χ4n) is 4.99. The Morgan fingerprint density at radius 2 is 1.84 bits per heavy atom. The summed E-state index contributed by atoms with van der Waals surface area (Å²) in [5.41, 5.74) is 3.72. The van der Waals surface area contributed by atoms with E-state index < -0.39 is 12.2 Å². The van der Waals surface area contributed by atoms with Crippen LogP contribution in [0.15, 0.2) is 85.1 Å². The monoisotopic (exact) mass is 510 g/mol.